The summed E-state index contributed by atoms with van der Waals surface area (Å²) in [7, 11) is 1.71. The van der Waals surface area contributed by atoms with Gasteiger partial charge in [0.05, 0.1) is 11.6 Å². The molecule has 2 aliphatic carbocycles. The molecule has 1 saturated carbocycles. The molecule has 4 rings (SSSR count). The van der Waals surface area contributed by atoms with Crippen molar-refractivity contribution >= 4 is 27.5 Å². The van der Waals surface area contributed by atoms with Gasteiger partial charge in [0.15, 0.2) is 5.66 Å². The molecule has 2 spiro atoms. The quantitative estimate of drug-likeness (QED) is 0.621. The summed E-state index contributed by atoms with van der Waals surface area (Å²) in [6.07, 6.45) is -2.03. The van der Waals surface area contributed by atoms with Gasteiger partial charge in [0.2, 0.25) is 0 Å². The molecule has 0 saturated heterocycles. The van der Waals surface area contributed by atoms with Crippen LogP contribution in [-0.2, 0) is 12.1 Å². The number of halogens is 4. The molecule has 1 unspecified atom stereocenters. The molecule has 1 heterocycles. The molecule has 3 aliphatic rings. The fourth-order valence-electron chi connectivity index (χ4n) is 5.04. The predicted octanol–water partition coefficient (Wildman–Crippen LogP) is 4.99. The highest BCUT2D eigenvalue weighted by Gasteiger charge is 2.62. The molecular formula is C19H21BrF3N3. The molecular weight excluding hydrogens is 407 g/mol. The highest BCUT2D eigenvalue weighted by atomic mass is 79.9. The third-order valence-corrected chi connectivity index (χ3v) is 6.86. The first-order valence-corrected chi connectivity index (χ1v) is 9.67. The van der Waals surface area contributed by atoms with Crippen molar-refractivity contribution in [2.45, 2.75) is 50.9 Å². The van der Waals surface area contributed by atoms with E-state index in [1.165, 1.54) is 5.56 Å². The number of hydrogen-bond acceptors (Lipinski definition) is 2. The van der Waals surface area contributed by atoms with Gasteiger partial charge in [0.1, 0.15) is 5.84 Å². The van der Waals surface area contributed by atoms with Crippen molar-refractivity contribution in [2.75, 3.05) is 7.05 Å². The molecule has 1 aromatic rings. The van der Waals surface area contributed by atoms with Gasteiger partial charge in [0.25, 0.3) is 0 Å². The Morgan fingerprint density at radius 3 is 2.54 bits per heavy atom. The maximum absolute atomic E-state index is 13.2. The molecule has 0 amide bonds. The second-order valence-corrected chi connectivity index (χ2v) is 8.59. The minimum Gasteiger partial charge on any atom is -0.341 e. The zero-order chi connectivity index (χ0) is 18.7. The van der Waals surface area contributed by atoms with E-state index in [0.717, 1.165) is 28.0 Å². The molecule has 1 fully saturated rings. The lowest BCUT2D eigenvalue weighted by atomic mass is 9.63. The number of amidine groups is 1. The molecule has 26 heavy (non-hydrogen) atoms. The van der Waals surface area contributed by atoms with E-state index in [9.17, 15) is 13.2 Å². The molecule has 3 nitrogen and oxygen atoms in total. The van der Waals surface area contributed by atoms with E-state index in [2.05, 4.69) is 38.4 Å². The van der Waals surface area contributed by atoms with Gasteiger partial charge in [-0.2, -0.15) is 13.2 Å². The third-order valence-electron chi connectivity index (χ3n) is 6.36. The van der Waals surface area contributed by atoms with Gasteiger partial charge in [-0.25, -0.2) is 0 Å². The second-order valence-electron chi connectivity index (χ2n) is 7.68. The average Bonchev–Trinajstić information content (AvgIpc) is 3.04. The van der Waals surface area contributed by atoms with E-state index in [1.54, 1.807) is 7.05 Å². The van der Waals surface area contributed by atoms with Crippen LogP contribution in [0.25, 0.3) is 0 Å². The standard InChI is InChI=1S/C19H21BrF3N3/c1-11-16(24-2)26-18(25-11)15-9-14(20)4-3-12(15)10-17(18)7-5-13(6-8-17)19(21,22)23/h3-4,9,13H,5-8,10H2,1-2H3,(H,24,26). The van der Waals surface area contributed by atoms with Crippen molar-refractivity contribution in [1.82, 2.24) is 5.32 Å². The summed E-state index contributed by atoms with van der Waals surface area (Å²) < 4.78 is 40.6. The predicted molar refractivity (Wildman–Crippen MR) is 99.6 cm³/mol. The van der Waals surface area contributed by atoms with E-state index in [4.69, 9.17) is 4.99 Å². The summed E-state index contributed by atoms with van der Waals surface area (Å²) in [5, 5.41) is 3.51. The number of aliphatic imine (C=N–C) groups is 2. The Labute approximate surface area is 159 Å². The molecule has 1 aliphatic heterocycles. The molecule has 0 aromatic heterocycles. The Balaban J connectivity index is 1.79. The monoisotopic (exact) mass is 427 g/mol. The highest BCUT2D eigenvalue weighted by Crippen LogP contribution is 2.61. The fraction of sp³-hybridized carbons (Fsp3) is 0.579. The van der Waals surface area contributed by atoms with Crippen molar-refractivity contribution in [3.05, 3.63) is 33.8 Å². The van der Waals surface area contributed by atoms with E-state index < -0.39 is 17.8 Å². The van der Waals surface area contributed by atoms with Crippen LogP contribution in [0.15, 0.2) is 32.7 Å². The zero-order valence-corrected chi connectivity index (χ0v) is 16.3. The van der Waals surface area contributed by atoms with E-state index in [-0.39, 0.29) is 18.3 Å². The van der Waals surface area contributed by atoms with Crippen LogP contribution >= 0.6 is 15.9 Å². The Kier molecular flexibility index (Phi) is 4.03. The number of alkyl halides is 3. The number of fused-ring (bicyclic) bond motifs is 3. The Morgan fingerprint density at radius 1 is 1.27 bits per heavy atom. The van der Waals surface area contributed by atoms with Crippen LogP contribution in [0.5, 0.6) is 0 Å². The molecule has 1 aromatic carbocycles. The van der Waals surface area contributed by atoms with Crippen LogP contribution in [0.4, 0.5) is 13.2 Å². The average molecular weight is 428 g/mol. The minimum atomic E-state index is -4.11. The molecule has 1 N–H and O–H groups in total. The lowest BCUT2D eigenvalue weighted by molar-refractivity contribution is -0.190. The van der Waals surface area contributed by atoms with Gasteiger partial charge in [0, 0.05) is 22.5 Å². The molecule has 1 atom stereocenters. The normalized spacial score (nSPS) is 35.1. The first kappa shape index (κ1) is 18.0. The van der Waals surface area contributed by atoms with E-state index in [0.29, 0.717) is 12.8 Å². The van der Waals surface area contributed by atoms with Gasteiger partial charge >= 0.3 is 6.18 Å². The Morgan fingerprint density at radius 2 is 1.96 bits per heavy atom. The number of nitrogens with zero attached hydrogens (tertiary/aromatic N) is 2. The van der Waals surface area contributed by atoms with Crippen LogP contribution in [0.1, 0.15) is 43.7 Å². The van der Waals surface area contributed by atoms with Crippen LogP contribution in [0, 0.1) is 11.3 Å². The Bertz CT molecular complexity index is 807. The molecule has 7 heteroatoms. The van der Waals surface area contributed by atoms with Crippen molar-refractivity contribution in [3.8, 4) is 0 Å². The van der Waals surface area contributed by atoms with Crippen molar-refractivity contribution in [1.29, 1.82) is 0 Å². The number of rotatable bonds is 0. The zero-order valence-electron chi connectivity index (χ0n) is 14.8. The Hall–Kier alpha value is -1.37. The summed E-state index contributed by atoms with van der Waals surface area (Å²) >= 11 is 3.54. The van der Waals surface area contributed by atoms with Crippen LogP contribution in [0.3, 0.4) is 0 Å². The van der Waals surface area contributed by atoms with Gasteiger partial charge < -0.3 is 5.32 Å². The summed E-state index contributed by atoms with van der Waals surface area (Å²) in [6.45, 7) is 1.91. The SMILES string of the molecule is CN=C1NC2(N=C1C)c1cc(Br)ccc1CC21CCC(C(F)(F)F)CC1. The van der Waals surface area contributed by atoms with Crippen LogP contribution in [0.2, 0.25) is 0 Å². The van der Waals surface area contributed by atoms with Gasteiger partial charge in [-0.1, -0.05) is 22.0 Å². The van der Waals surface area contributed by atoms with Gasteiger partial charge in [-0.15, -0.1) is 0 Å². The van der Waals surface area contributed by atoms with Gasteiger partial charge in [-0.3, -0.25) is 9.98 Å². The second kappa shape index (κ2) is 5.81. The first-order valence-electron chi connectivity index (χ1n) is 8.88. The van der Waals surface area contributed by atoms with Gasteiger partial charge in [-0.05, 0) is 56.7 Å². The maximum Gasteiger partial charge on any atom is 0.391 e. The van der Waals surface area contributed by atoms with Crippen molar-refractivity contribution in [3.63, 3.8) is 0 Å². The minimum absolute atomic E-state index is 0.162. The first-order chi connectivity index (χ1) is 12.2. The third kappa shape index (κ3) is 2.46. The fourth-order valence-corrected chi connectivity index (χ4v) is 5.41. The summed E-state index contributed by atoms with van der Waals surface area (Å²) in [6, 6.07) is 6.12. The largest absolute Gasteiger partial charge is 0.391 e. The van der Waals surface area contributed by atoms with Crippen LogP contribution < -0.4 is 5.32 Å². The van der Waals surface area contributed by atoms with E-state index >= 15 is 0 Å². The topological polar surface area (TPSA) is 36.8 Å². The van der Waals surface area contributed by atoms with Crippen molar-refractivity contribution < 1.29 is 13.2 Å². The number of hydrogen-bond donors (Lipinski definition) is 1. The highest BCUT2D eigenvalue weighted by molar-refractivity contribution is 9.10. The lowest BCUT2D eigenvalue weighted by Gasteiger charge is -2.47. The molecule has 0 bridgehead atoms. The summed E-state index contributed by atoms with van der Waals surface area (Å²) in [5.74, 6) is -0.471. The smallest absolute Gasteiger partial charge is 0.341 e. The molecule has 0 radical (unpaired) electrons. The van der Waals surface area contributed by atoms with Crippen molar-refractivity contribution in [2.24, 2.45) is 21.3 Å². The summed E-state index contributed by atoms with van der Waals surface area (Å²) in [5.41, 5.74) is 2.00. The molecule has 140 valence electrons. The number of benzene rings is 1. The van der Waals surface area contributed by atoms with Crippen LogP contribution in [-0.4, -0.2) is 24.8 Å². The van der Waals surface area contributed by atoms with E-state index in [1.807, 2.05) is 13.0 Å². The maximum atomic E-state index is 13.2. The summed E-state index contributed by atoms with van der Waals surface area (Å²) in [4.78, 5) is 9.29. The number of nitrogens with one attached hydrogen (secondary N) is 1. The lowest BCUT2D eigenvalue weighted by Crippen LogP contribution is -2.53.